The van der Waals surface area contributed by atoms with Crippen LogP contribution in [-0.4, -0.2) is 64.8 Å². The molecule has 1 aliphatic carbocycles. The number of carbonyl (C=O) groups excluding carboxylic acids is 4. The lowest BCUT2D eigenvalue weighted by molar-refractivity contribution is -0.144. The molecule has 1 unspecified atom stereocenters. The molecule has 1 saturated heterocycles. The summed E-state index contributed by atoms with van der Waals surface area (Å²) in [6.07, 6.45) is 4.52. The number of rotatable bonds is 8. The van der Waals surface area contributed by atoms with Crippen molar-refractivity contribution >= 4 is 23.8 Å². The number of hydrogen-bond donors (Lipinski definition) is 2. The Morgan fingerprint density at radius 2 is 1.88 bits per heavy atom. The lowest BCUT2D eigenvalue weighted by atomic mass is 9.97. The molecule has 2 N–H and O–H groups in total. The van der Waals surface area contributed by atoms with Gasteiger partial charge in [-0.1, -0.05) is 26.7 Å². The van der Waals surface area contributed by atoms with E-state index in [0.29, 0.717) is 32.4 Å². The zero-order chi connectivity index (χ0) is 19.3. The Labute approximate surface area is 154 Å². The van der Waals surface area contributed by atoms with Crippen molar-refractivity contribution in [3.05, 3.63) is 0 Å². The van der Waals surface area contributed by atoms with E-state index in [1.54, 1.807) is 6.92 Å². The van der Waals surface area contributed by atoms with Gasteiger partial charge in [0.1, 0.15) is 11.6 Å². The van der Waals surface area contributed by atoms with Crippen LogP contribution in [0.4, 0.5) is 4.79 Å². The first-order chi connectivity index (χ1) is 12.4. The van der Waals surface area contributed by atoms with Crippen LogP contribution in [0.1, 0.15) is 59.3 Å². The molecule has 0 aromatic carbocycles. The summed E-state index contributed by atoms with van der Waals surface area (Å²) < 4.78 is 0. The first-order valence-corrected chi connectivity index (χ1v) is 9.57. The first-order valence-electron chi connectivity index (χ1n) is 9.57. The minimum absolute atomic E-state index is 0.0637. The summed E-state index contributed by atoms with van der Waals surface area (Å²) in [4.78, 5) is 52.6. The summed E-state index contributed by atoms with van der Waals surface area (Å²) in [6.45, 7) is 6.31. The van der Waals surface area contributed by atoms with Gasteiger partial charge in [-0.25, -0.2) is 9.69 Å². The standard InChI is InChI=1S/C18H30N4O4/c1-4-10-19-14(23)12-21(11-5-2)15(24)13(3)22-16(25)18(20-17(22)26)8-6-7-9-18/h13H,4-12H2,1-3H3,(H,19,23)(H,20,26). The Balaban J connectivity index is 2.08. The van der Waals surface area contributed by atoms with E-state index < -0.39 is 17.6 Å². The summed E-state index contributed by atoms with van der Waals surface area (Å²) in [5.74, 6) is -0.921. The second-order valence-corrected chi connectivity index (χ2v) is 7.18. The highest BCUT2D eigenvalue weighted by Crippen LogP contribution is 2.35. The summed E-state index contributed by atoms with van der Waals surface area (Å²) in [5, 5.41) is 5.54. The zero-order valence-corrected chi connectivity index (χ0v) is 16.0. The third-order valence-corrected chi connectivity index (χ3v) is 5.11. The number of urea groups is 1. The molecule has 1 heterocycles. The topological polar surface area (TPSA) is 98.8 Å². The number of nitrogens with one attached hydrogen (secondary N) is 2. The SMILES string of the molecule is CCCNC(=O)CN(CCC)C(=O)C(C)N1C(=O)NC2(CCCC2)C1=O. The molecule has 2 fully saturated rings. The van der Waals surface area contributed by atoms with Crippen molar-refractivity contribution in [3.8, 4) is 0 Å². The van der Waals surface area contributed by atoms with E-state index in [0.717, 1.165) is 24.2 Å². The van der Waals surface area contributed by atoms with Crippen molar-refractivity contribution in [1.82, 2.24) is 20.4 Å². The van der Waals surface area contributed by atoms with Gasteiger partial charge in [0.25, 0.3) is 5.91 Å². The Morgan fingerprint density at radius 1 is 1.23 bits per heavy atom. The van der Waals surface area contributed by atoms with Gasteiger partial charge in [-0.3, -0.25) is 14.4 Å². The number of nitrogens with zero attached hydrogens (tertiary/aromatic N) is 2. The molecule has 1 spiro atoms. The average molecular weight is 366 g/mol. The van der Waals surface area contributed by atoms with Gasteiger partial charge in [0, 0.05) is 13.1 Å². The highest BCUT2D eigenvalue weighted by molar-refractivity contribution is 6.10. The van der Waals surface area contributed by atoms with Gasteiger partial charge in [-0.05, 0) is 32.6 Å². The van der Waals surface area contributed by atoms with Crippen LogP contribution < -0.4 is 10.6 Å². The van der Waals surface area contributed by atoms with Gasteiger partial charge in [-0.2, -0.15) is 0 Å². The van der Waals surface area contributed by atoms with E-state index in [2.05, 4.69) is 10.6 Å². The van der Waals surface area contributed by atoms with Crippen LogP contribution in [0.2, 0.25) is 0 Å². The average Bonchev–Trinajstić information content (AvgIpc) is 3.17. The number of amides is 5. The van der Waals surface area contributed by atoms with Gasteiger partial charge < -0.3 is 15.5 Å². The van der Waals surface area contributed by atoms with E-state index in [1.165, 1.54) is 4.90 Å². The van der Waals surface area contributed by atoms with E-state index in [-0.39, 0.29) is 24.3 Å². The number of hydrogen-bond acceptors (Lipinski definition) is 4. The molecule has 2 rings (SSSR count). The Hall–Kier alpha value is -2.12. The first kappa shape index (κ1) is 20.2. The van der Waals surface area contributed by atoms with Gasteiger partial charge >= 0.3 is 6.03 Å². The van der Waals surface area contributed by atoms with Crippen LogP contribution in [0.5, 0.6) is 0 Å². The lowest BCUT2D eigenvalue weighted by Gasteiger charge is -2.29. The third-order valence-electron chi connectivity index (χ3n) is 5.11. The monoisotopic (exact) mass is 366 g/mol. The predicted octanol–water partition coefficient (Wildman–Crippen LogP) is 1.00. The van der Waals surface area contributed by atoms with Crippen molar-refractivity contribution in [2.75, 3.05) is 19.6 Å². The Bertz CT molecular complexity index is 572. The van der Waals surface area contributed by atoms with Crippen molar-refractivity contribution < 1.29 is 19.2 Å². The van der Waals surface area contributed by atoms with E-state index in [4.69, 9.17) is 0 Å². The van der Waals surface area contributed by atoms with Crippen LogP contribution in [-0.2, 0) is 14.4 Å². The van der Waals surface area contributed by atoms with Crippen LogP contribution in [0.25, 0.3) is 0 Å². The Kier molecular flexibility index (Phi) is 6.61. The van der Waals surface area contributed by atoms with Crippen LogP contribution in [0.3, 0.4) is 0 Å². The molecule has 0 bridgehead atoms. The van der Waals surface area contributed by atoms with E-state index >= 15 is 0 Å². The maximum absolute atomic E-state index is 12.9. The van der Waals surface area contributed by atoms with Crippen molar-refractivity contribution in [1.29, 1.82) is 0 Å². The molecule has 26 heavy (non-hydrogen) atoms. The minimum atomic E-state index is -0.923. The summed E-state index contributed by atoms with van der Waals surface area (Å²) >= 11 is 0. The van der Waals surface area contributed by atoms with Crippen molar-refractivity contribution in [3.63, 3.8) is 0 Å². The van der Waals surface area contributed by atoms with Crippen LogP contribution >= 0.6 is 0 Å². The highest BCUT2D eigenvalue weighted by atomic mass is 16.2. The molecule has 1 saturated carbocycles. The highest BCUT2D eigenvalue weighted by Gasteiger charge is 2.54. The minimum Gasteiger partial charge on any atom is -0.355 e. The summed E-state index contributed by atoms with van der Waals surface area (Å²) in [7, 11) is 0. The van der Waals surface area contributed by atoms with Gasteiger partial charge in [0.05, 0.1) is 6.54 Å². The van der Waals surface area contributed by atoms with Crippen LogP contribution in [0.15, 0.2) is 0 Å². The van der Waals surface area contributed by atoms with Crippen molar-refractivity contribution in [2.24, 2.45) is 0 Å². The molecule has 5 amide bonds. The fourth-order valence-electron chi connectivity index (χ4n) is 3.72. The molecule has 0 aromatic heterocycles. The van der Waals surface area contributed by atoms with Gasteiger partial charge in [-0.15, -0.1) is 0 Å². The molecular weight excluding hydrogens is 336 g/mol. The molecule has 8 nitrogen and oxygen atoms in total. The number of imide groups is 1. The summed E-state index contributed by atoms with van der Waals surface area (Å²) in [5.41, 5.74) is -0.834. The fraction of sp³-hybridized carbons (Fsp3) is 0.778. The Morgan fingerprint density at radius 3 is 2.46 bits per heavy atom. The molecule has 1 atom stereocenters. The fourth-order valence-corrected chi connectivity index (χ4v) is 3.72. The quantitative estimate of drug-likeness (QED) is 0.626. The van der Waals surface area contributed by atoms with E-state index in [9.17, 15) is 19.2 Å². The van der Waals surface area contributed by atoms with Crippen LogP contribution in [0, 0.1) is 0 Å². The second-order valence-electron chi connectivity index (χ2n) is 7.18. The molecule has 8 heteroatoms. The van der Waals surface area contributed by atoms with Gasteiger partial charge in [0.2, 0.25) is 11.8 Å². The summed E-state index contributed by atoms with van der Waals surface area (Å²) in [6, 6.07) is -1.43. The molecule has 0 aromatic rings. The van der Waals surface area contributed by atoms with Gasteiger partial charge in [0.15, 0.2) is 0 Å². The molecule has 1 aliphatic heterocycles. The largest absolute Gasteiger partial charge is 0.355 e. The number of carbonyl (C=O) groups is 4. The molecule has 2 aliphatic rings. The molecule has 0 radical (unpaired) electrons. The molecular formula is C18H30N4O4. The predicted molar refractivity (Wildman–Crippen MR) is 96.2 cm³/mol. The zero-order valence-electron chi connectivity index (χ0n) is 16.0. The molecule has 146 valence electrons. The van der Waals surface area contributed by atoms with E-state index in [1.807, 2.05) is 13.8 Å². The second kappa shape index (κ2) is 8.51. The normalized spacial score (nSPS) is 19.6. The lowest BCUT2D eigenvalue weighted by Crippen LogP contribution is -2.53. The smallest absolute Gasteiger partial charge is 0.325 e. The maximum atomic E-state index is 12.9. The van der Waals surface area contributed by atoms with Crippen molar-refractivity contribution in [2.45, 2.75) is 70.9 Å². The maximum Gasteiger partial charge on any atom is 0.325 e. The third kappa shape index (κ3) is 3.99.